The van der Waals surface area contributed by atoms with Gasteiger partial charge in [-0.05, 0) is 31.2 Å². The molecule has 90 valence electrons. The summed E-state index contributed by atoms with van der Waals surface area (Å²) >= 11 is 0. The summed E-state index contributed by atoms with van der Waals surface area (Å²) in [6.45, 7) is 1.82. The Bertz CT molecular complexity index is 552. The van der Waals surface area contributed by atoms with Crippen LogP contribution in [0.25, 0.3) is 0 Å². The van der Waals surface area contributed by atoms with Gasteiger partial charge in [0.05, 0.1) is 5.71 Å². The minimum Gasteiger partial charge on any atom is -0.267 e. The maximum Gasteiger partial charge on any atom is 0.271 e. The molecule has 0 atom stereocenters. The molecule has 0 aromatic carbocycles. The van der Waals surface area contributed by atoms with Gasteiger partial charge in [0.1, 0.15) is 0 Å². The summed E-state index contributed by atoms with van der Waals surface area (Å²) < 4.78 is 0. The van der Waals surface area contributed by atoms with Crippen LogP contribution in [-0.2, 0) is 0 Å². The van der Waals surface area contributed by atoms with Crippen molar-refractivity contribution in [1.82, 2.24) is 15.4 Å². The van der Waals surface area contributed by atoms with Crippen LogP contribution < -0.4 is 5.43 Å². The highest BCUT2D eigenvalue weighted by Crippen LogP contribution is 1.99. The molecule has 0 bridgehead atoms. The van der Waals surface area contributed by atoms with E-state index in [1.54, 1.807) is 36.9 Å². The van der Waals surface area contributed by atoms with Crippen LogP contribution in [0, 0.1) is 0 Å². The zero-order valence-electron chi connectivity index (χ0n) is 9.87. The molecule has 2 rings (SSSR count). The van der Waals surface area contributed by atoms with Gasteiger partial charge in [-0.25, -0.2) is 5.43 Å². The zero-order valence-corrected chi connectivity index (χ0v) is 9.87. The molecule has 2 heterocycles. The first-order valence-electron chi connectivity index (χ1n) is 5.42. The number of carbonyl (C=O) groups excluding carboxylic acids is 1. The molecule has 5 nitrogen and oxygen atoms in total. The highest BCUT2D eigenvalue weighted by Gasteiger charge is 2.03. The largest absolute Gasteiger partial charge is 0.271 e. The number of nitrogens with zero attached hydrogens (tertiary/aromatic N) is 3. The topological polar surface area (TPSA) is 67.2 Å². The number of amides is 1. The number of carbonyl (C=O) groups is 1. The molecular weight excluding hydrogens is 228 g/mol. The van der Waals surface area contributed by atoms with E-state index >= 15 is 0 Å². The third-order valence-electron chi connectivity index (χ3n) is 2.37. The molecule has 1 N–H and O–H groups in total. The molecule has 2 aromatic rings. The van der Waals surface area contributed by atoms with Crippen molar-refractivity contribution >= 4 is 11.6 Å². The van der Waals surface area contributed by atoms with Gasteiger partial charge in [-0.2, -0.15) is 5.10 Å². The van der Waals surface area contributed by atoms with E-state index in [1.165, 1.54) is 0 Å². The molecule has 0 radical (unpaired) electrons. The lowest BCUT2D eigenvalue weighted by molar-refractivity contribution is 0.0954. The summed E-state index contributed by atoms with van der Waals surface area (Å²) in [6.07, 6.45) is 6.49. The Morgan fingerprint density at radius 1 is 1.00 bits per heavy atom. The van der Waals surface area contributed by atoms with Gasteiger partial charge in [-0.15, -0.1) is 0 Å². The molecule has 1 amide bonds. The second-order valence-electron chi connectivity index (χ2n) is 3.61. The third-order valence-corrected chi connectivity index (χ3v) is 2.37. The Morgan fingerprint density at radius 3 is 2.06 bits per heavy atom. The van der Waals surface area contributed by atoms with Crippen molar-refractivity contribution in [2.75, 3.05) is 0 Å². The van der Waals surface area contributed by atoms with Crippen molar-refractivity contribution in [3.63, 3.8) is 0 Å². The predicted molar refractivity (Wildman–Crippen MR) is 68.2 cm³/mol. The van der Waals surface area contributed by atoms with E-state index in [2.05, 4.69) is 20.5 Å². The average molecular weight is 240 g/mol. The number of pyridine rings is 2. The molecule has 0 unspecified atom stereocenters. The quantitative estimate of drug-likeness (QED) is 0.655. The molecule has 0 saturated carbocycles. The molecular formula is C13H12N4O. The van der Waals surface area contributed by atoms with Crippen LogP contribution in [0.2, 0.25) is 0 Å². The second kappa shape index (κ2) is 5.67. The van der Waals surface area contributed by atoms with E-state index in [-0.39, 0.29) is 5.91 Å². The molecule has 2 aromatic heterocycles. The first-order chi connectivity index (χ1) is 8.77. The van der Waals surface area contributed by atoms with Crippen LogP contribution >= 0.6 is 0 Å². The van der Waals surface area contributed by atoms with Gasteiger partial charge in [0, 0.05) is 35.9 Å². The van der Waals surface area contributed by atoms with E-state index in [9.17, 15) is 4.79 Å². The van der Waals surface area contributed by atoms with Crippen LogP contribution in [-0.4, -0.2) is 21.6 Å². The summed E-state index contributed by atoms with van der Waals surface area (Å²) in [6, 6.07) is 6.92. The monoisotopic (exact) mass is 240 g/mol. The van der Waals surface area contributed by atoms with Crippen molar-refractivity contribution in [2.24, 2.45) is 5.10 Å². The summed E-state index contributed by atoms with van der Waals surface area (Å²) in [7, 11) is 0. The van der Waals surface area contributed by atoms with Crippen molar-refractivity contribution in [3.8, 4) is 0 Å². The summed E-state index contributed by atoms with van der Waals surface area (Å²) in [4.78, 5) is 19.5. The minimum atomic E-state index is -0.259. The van der Waals surface area contributed by atoms with Crippen LogP contribution in [0.1, 0.15) is 22.8 Å². The van der Waals surface area contributed by atoms with E-state index in [0.717, 1.165) is 11.3 Å². The highest BCUT2D eigenvalue weighted by molar-refractivity contribution is 6.00. The SMILES string of the molecule is CC(=NNC(=O)c1ccncc1)c1ccncc1. The minimum absolute atomic E-state index is 0.259. The number of hydrogen-bond acceptors (Lipinski definition) is 4. The smallest absolute Gasteiger partial charge is 0.267 e. The maximum absolute atomic E-state index is 11.7. The van der Waals surface area contributed by atoms with Crippen molar-refractivity contribution < 1.29 is 4.79 Å². The van der Waals surface area contributed by atoms with Crippen LogP contribution in [0.3, 0.4) is 0 Å². The fourth-order valence-corrected chi connectivity index (χ4v) is 1.36. The third kappa shape index (κ3) is 2.98. The van der Waals surface area contributed by atoms with Crippen molar-refractivity contribution in [3.05, 3.63) is 60.2 Å². The Balaban J connectivity index is 2.05. The predicted octanol–water partition coefficient (Wildman–Crippen LogP) is 1.63. The van der Waals surface area contributed by atoms with Gasteiger partial charge in [-0.1, -0.05) is 0 Å². The molecule has 0 aliphatic carbocycles. The lowest BCUT2D eigenvalue weighted by atomic mass is 10.2. The van der Waals surface area contributed by atoms with E-state index in [4.69, 9.17) is 0 Å². The summed E-state index contributed by atoms with van der Waals surface area (Å²) in [5.41, 5.74) is 4.66. The second-order valence-corrected chi connectivity index (χ2v) is 3.61. The first kappa shape index (κ1) is 11.9. The van der Waals surface area contributed by atoms with Crippen molar-refractivity contribution in [1.29, 1.82) is 0 Å². The lowest BCUT2D eigenvalue weighted by Gasteiger charge is -2.02. The van der Waals surface area contributed by atoms with Crippen LogP contribution in [0.15, 0.2) is 54.2 Å². The maximum atomic E-state index is 11.7. The normalized spacial score (nSPS) is 11.1. The van der Waals surface area contributed by atoms with Gasteiger partial charge >= 0.3 is 0 Å². The molecule has 0 fully saturated rings. The van der Waals surface area contributed by atoms with E-state index in [0.29, 0.717) is 5.56 Å². The van der Waals surface area contributed by atoms with Gasteiger partial charge in [0.2, 0.25) is 0 Å². The standard InChI is InChI=1S/C13H12N4O/c1-10(11-2-6-14-7-3-11)16-17-13(18)12-4-8-15-9-5-12/h2-9H,1H3,(H,17,18). The van der Waals surface area contributed by atoms with Crippen LogP contribution in [0.5, 0.6) is 0 Å². The summed E-state index contributed by atoms with van der Waals surface area (Å²) in [5.74, 6) is -0.259. The number of hydrazone groups is 1. The van der Waals surface area contributed by atoms with Gasteiger partial charge in [-0.3, -0.25) is 14.8 Å². The number of rotatable bonds is 3. The Morgan fingerprint density at radius 2 is 1.50 bits per heavy atom. The fourth-order valence-electron chi connectivity index (χ4n) is 1.36. The molecule has 0 spiro atoms. The van der Waals surface area contributed by atoms with Gasteiger partial charge < -0.3 is 0 Å². The van der Waals surface area contributed by atoms with E-state index < -0.39 is 0 Å². The molecule has 0 aliphatic rings. The zero-order chi connectivity index (χ0) is 12.8. The van der Waals surface area contributed by atoms with Gasteiger partial charge in [0.15, 0.2) is 0 Å². The number of hydrogen-bond donors (Lipinski definition) is 1. The Hall–Kier alpha value is -2.56. The molecule has 0 saturated heterocycles. The highest BCUT2D eigenvalue weighted by atomic mass is 16.2. The van der Waals surface area contributed by atoms with Crippen LogP contribution in [0.4, 0.5) is 0 Å². The number of aromatic nitrogens is 2. The van der Waals surface area contributed by atoms with Crippen molar-refractivity contribution in [2.45, 2.75) is 6.92 Å². The first-order valence-corrected chi connectivity index (χ1v) is 5.42. The Labute approximate surface area is 105 Å². The fraction of sp³-hybridized carbons (Fsp3) is 0.0769. The lowest BCUT2D eigenvalue weighted by Crippen LogP contribution is -2.19. The summed E-state index contributed by atoms with van der Waals surface area (Å²) in [5, 5.41) is 4.04. The average Bonchev–Trinajstić information content (AvgIpc) is 2.46. The molecule has 0 aliphatic heterocycles. The Kier molecular flexibility index (Phi) is 3.76. The molecule has 18 heavy (non-hydrogen) atoms. The molecule has 5 heteroatoms. The van der Waals surface area contributed by atoms with E-state index in [1.807, 2.05) is 19.1 Å². The number of nitrogens with one attached hydrogen (secondary N) is 1. The van der Waals surface area contributed by atoms with Gasteiger partial charge in [0.25, 0.3) is 5.91 Å².